The zero-order valence-corrected chi connectivity index (χ0v) is 9.64. The van der Waals surface area contributed by atoms with Crippen molar-refractivity contribution in [3.05, 3.63) is 41.5 Å². The van der Waals surface area contributed by atoms with Crippen LogP contribution in [0, 0.1) is 0 Å². The molecule has 0 spiro atoms. The molecule has 88 valence electrons. The molecule has 0 atom stereocenters. The third-order valence-electron chi connectivity index (χ3n) is 2.29. The minimum Gasteiger partial charge on any atom is -0.497 e. The third-order valence-corrected chi connectivity index (χ3v) is 2.29. The topological polar surface area (TPSA) is 65.2 Å². The molecule has 0 saturated carbocycles. The molecule has 0 bridgehead atoms. The summed E-state index contributed by atoms with van der Waals surface area (Å²) in [5.41, 5.74) is 1.03. The van der Waals surface area contributed by atoms with Crippen LogP contribution in [-0.2, 0) is 6.42 Å². The van der Waals surface area contributed by atoms with E-state index < -0.39 is 0 Å². The van der Waals surface area contributed by atoms with Crippen LogP contribution in [0.3, 0.4) is 0 Å². The molecule has 0 unspecified atom stereocenters. The summed E-state index contributed by atoms with van der Waals surface area (Å²) in [6.45, 7) is 1.39. The summed E-state index contributed by atoms with van der Waals surface area (Å²) < 4.78 is 9.87. The minimum absolute atomic E-state index is 0.0495. The summed E-state index contributed by atoms with van der Waals surface area (Å²) in [4.78, 5) is 15.0. The van der Waals surface area contributed by atoms with E-state index in [1.54, 1.807) is 7.11 Å². The van der Waals surface area contributed by atoms with Crippen LogP contribution in [0.25, 0.3) is 0 Å². The number of carbonyl (C=O) groups excluding carboxylic acids is 1. The van der Waals surface area contributed by atoms with Gasteiger partial charge >= 0.3 is 0 Å². The number of aromatic nitrogens is 2. The molecule has 17 heavy (non-hydrogen) atoms. The smallest absolute Gasteiger partial charge is 0.293 e. The van der Waals surface area contributed by atoms with E-state index in [1.165, 1.54) is 6.92 Å². The molecule has 0 aliphatic carbocycles. The molecule has 5 nitrogen and oxygen atoms in total. The van der Waals surface area contributed by atoms with Gasteiger partial charge in [-0.1, -0.05) is 17.3 Å². The maximum Gasteiger partial charge on any atom is 0.293 e. The number of nitrogens with zero attached hydrogens (tertiary/aromatic N) is 2. The van der Waals surface area contributed by atoms with Crippen molar-refractivity contribution in [1.82, 2.24) is 10.1 Å². The van der Waals surface area contributed by atoms with Gasteiger partial charge < -0.3 is 9.26 Å². The van der Waals surface area contributed by atoms with Gasteiger partial charge in [0.2, 0.25) is 5.78 Å². The number of hydrogen-bond acceptors (Lipinski definition) is 5. The predicted molar refractivity (Wildman–Crippen MR) is 60.1 cm³/mol. The largest absolute Gasteiger partial charge is 0.497 e. The van der Waals surface area contributed by atoms with E-state index in [9.17, 15) is 4.79 Å². The Morgan fingerprint density at radius 1 is 1.35 bits per heavy atom. The normalized spacial score (nSPS) is 10.2. The SMILES string of the molecule is COc1ccc(Cc2noc(C(C)=O)n2)cc1. The number of methoxy groups -OCH3 is 1. The van der Waals surface area contributed by atoms with Crippen molar-refractivity contribution in [2.75, 3.05) is 7.11 Å². The van der Waals surface area contributed by atoms with Crippen molar-refractivity contribution < 1.29 is 14.1 Å². The van der Waals surface area contributed by atoms with Gasteiger partial charge in [0.25, 0.3) is 5.89 Å². The quantitative estimate of drug-likeness (QED) is 0.753. The van der Waals surface area contributed by atoms with Crippen molar-refractivity contribution in [2.24, 2.45) is 0 Å². The molecule has 0 N–H and O–H groups in total. The number of rotatable bonds is 4. The highest BCUT2D eigenvalue weighted by Crippen LogP contribution is 2.13. The fourth-order valence-electron chi connectivity index (χ4n) is 1.39. The second-order valence-corrected chi connectivity index (χ2v) is 3.60. The molecule has 1 aromatic heterocycles. The lowest BCUT2D eigenvalue weighted by atomic mass is 10.1. The number of ketones is 1. The molecule has 1 heterocycles. The number of ether oxygens (including phenoxy) is 1. The summed E-state index contributed by atoms with van der Waals surface area (Å²) in [6, 6.07) is 7.56. The summed E-state index contributed by atoms with van der Waals surface area (Å²) in [5, 5.41) is 3.74. The van der Waals surface area contributed by atoms with E-state index in [0.29, 0.717) is 12.2 Å². The van der Waals surface area contributed by atoms with Crippen molar-refractivity contribution >= 4 is 5.78 Å². The number of benzene rings is 1. The molecule has 1 aromatic carbocycles. The fourth-order valence-corrected chi connectivity index (χ4v) is 1.39. The van der Waals surface area contributed by atoms with Crippen LogP contribution >= 0.6 is 0 Å². The molecule has 2 rings (SSSR count). The number of Topliss-reactive ketones (excluding diaryl/α,β-unsaturated/α-hetero) is 1. The van der Waals surface area contributed by atoms with Gasteiger partial charge in [0.05, 0.1) is 7.11 Å². The third kappa shape index (κ3) is 2.69. The van der Waals surface area contributed by atoms with Crippen molar-refractivity contribution in [1.29, 1.82) is 0 Å². The molecule has 0 aliphatic rings. The molecule has 0 fully saturated rings. The zero-order valence-electron chi connectivity index (χ0n) is 9.64. The Kier molecular flexibility index (Phi) is 3.18. The summed E-state index contributed by atoms with van der Waals surface area (Å²) in [6.07, 6.45) is 0.529. The Hall–Kier alpha value is -2.17. The lowest BCUT2D eigenvalue weighted by molar-refractivity contribution is 0.0972. The van der Waals surface area contributed by atoms with Gasteiger partial charge in [-0.05, 0) is 17.7 Å². The summed E-state index contributed by atoms with van der Waals surface area (Å²) in [7, 11) is 1.62. The Labute approximate surface area is 98.4 Å². The lowest BCUT2D eigenvalue weighted by Gasteiger charge is -2.00. The predicted octanol–water partition coefficient (Wildman–Crippen LogP) is 1.87. The molecule has 0 amide bonds. The van der Waals surface area contributed by atoms with Gasteiger partial charge in [0.15, 0.2) is 5.82 Å². The standard InChI is InChI=1S/C12H12N2O3/c1-8(15)12-13-11(14-17-12)7-9-3-5-10(16-2)6-4-9/h3-6H,7H2,1-2H3. The van der Waals surface area contributed by atoms with E-state index >= 15 is 0 Å². The highest BCUT2D eigenvalue weighted by Gasteiger charge is 2.10. The summed E-state index contributed by atoms with van der Waals surface area (Å²) in [5.74, 6) is 1.12. The van der Waals surface area contributed by atoms with Crippen LogP contribution in [0.15, 0.2) is 28.8 Å². The molecular weight excluding hydrogens is 220 g/mol. The van der Waals surface area contributed by atoms with Gasteiger partial charge in [0, 0.05) is 13.3 Å². The monoisotopic (exact) mass is 232 g/mol. The second kappa shape index (κ2) is 4.78. The van der Waals surface area contributed by atoms with Crippen LogP contribution in [0.4, 0.5) is 0 Å². The highest BCUT2D eigenvalue weighted by molar-refractivity contribution is 5.89. The van der Waals surface area contributed by atoms with Crippen molar-refractivity contribution in [3.63, 3.8) is 0 Å². The molecule has 5 heteroatoms. The first-order valence-electron chi connectivity index (χ1n) is 5.15. The van der Waals surface area contributed by atoms with E-state index in [1.807, 2.05) is 24.3 Å². The van der Waals surface area contributed by atoms with E-state index in [0.717, 1.165) is 11.3 Å². The number of carbonyl (C=O) groups is 1. The van der Waals surface area contributed by atoms with Crippen LogP contribution in [0.2, 0.25) is 0 Å². The van der Waals surface area contributed by atoms with Crippen LogP contribution in [0.5, 0.6) is 5.75 Å². The van der Waals surface area contributed by atoms with Crippen LogP contribution in [-0.4, -0.2) is 23.0 Å². The van der Waals surface area contributed by atoms with Gasteiger partial charge in [-0.2, -0.15) is 4.98 Å². The van der Waals surface area contributed by atoms with Gasteiger partial charge in [-0.25, -0.2) is 0 Å². The highest BCUT2D eigenvalue weighted by atomic mass is 16.5. The second-order valence-electron chi connectivity index (χ2n) is 3.60. The van der Waals surface area contributed by atoms with Gasteiger partial charge in [-0.3, -0.25) is 4.79 Å². The summed E-state index contributed by atoms with van der Waals surface area (Å²) >= 11 is 0. The molecule has 0 radical (unpaired) electrons. The fraction of sp³-hybridized carbons (Fsp3) is 0.250. The van der Waals surface area contributed by atoms with E-state index in [2.05, 4.69) is 10.1 Å². The van der Waals surface area contributed by atoms with Gasteiger partial charge in [0.1, 0.15) is 5.75 Å². The first-order chi connectivity index (χ1) is 8.19. The average Bonchev–Trinajstić information content (AvgIpc) is 2.79. The maximum absolute atomic E-state index is 11.0. The molecule has 0 aliphatic heterocycles. The Morgan fingerprint density at radius 2 is 2.06 bits per heavy atom. The average molecular weight is 232 g/mol. The minimum atomic E-state index is -0.224. The lowest BCUT2D eigenvalue weighted by Crippen LogP contribution is -1.94. The zero-order chi connectivity index (χ0) is 12.3. The van der Waals surface area contributed by atoms with Crippen LogP contribution in [0.1, 0.15) is 29.0 Å². The van der Waals surface area contributed by atoms with Crippen molar-refractivity contribution in [2.45, 2.75) is 13.3 Å². The molecular formula is C12H12N2O3. The first-order valence-corrected chi connectivity index (χ1v) is 5.15. The number of hydrogen-bond donors (Lipinski definition) is 0. The first kappa shape index (κ1) is 11.3. The maximum atomic E-state index is 11.0. The molecule has 2 aromatic rings. The Balaban J connectivity index is 2.11. The molecule has 0 saturated heterocycles. The van der Waals surface area contributed by atoms with E-state index in [-0.39, 0.29) is 11.7 Å². The Bertz CT molecular complexity index is 517. The Morgan fingerprint density at radius 3 is 2.59 bits per heavy atom. The van der Waals surface area contributed by atoms with E-state index in [4.69, 9.17) is 9.26 Å². The van der Waals surface area contributed by atoms with Crippen LogP contribution < -0.4 is 4.74 Å². The van der Waals surface area contributed by atoms with Gasteiger partial charge in [-0.15, -0.1) is 0 Å². The van der Waals surface area contributed by atoms with Crippen molar-refractivity contribution in [3.8, 4) is 5.75 Å².